The summed E-state index contributed by atoms with van der Waals surface area (Å²) in [6.07, 6.45) is 3.06. The number of likely N-dealkylation sites (tertiary alicyclic amines) is 1. The van der Waals surface area contributed by atoms with E-state index < -0.39 is 0 Å². The second-order valence-corrected chi connectivity index (χ2v) is 7.58. The van der Waals surface area contributed by atoms with Crippen molar-refractivity contribution >= 4 is 16.3 Å². The van der Waals surface area contributed by atoms with Crippen LogP contribution in [0.3, 0.4) is 0 Å². The molecule has 1 fully saturated rings. The highest BCUT2D eigenvalue weighted by molar-refractivity contribution is 7.16. The van der Waals surface area contributed by atoms with Crippen LogP contribution < -0.4 is 10.3 Å². The van der Waals surface area contributed by atoms with Crippen LogP contribution in [0, 0.1) is 0 Å². The minimum atomic E-state index is -0.0990. The van der Waals surface area contributed by atoms with Crippen LogP contribution in [0.5, 0.6) is 5.75 Å². The third-order valence-electron chi connectivity index (χ3n) is 4.85. The van der Waals surface area contributed by atoms with Crippen molar-refractivity contribution in [1.82, 2.24) is 19.5 Å². The van der Waals surface area contributed by atoms with Crippen LogP contribution >= 0.6 is 11.3 Å². The fourth-order valence-corrected chi connectivity index (χ4v) is 4.43. The molecule has 0 amide bonds. The van der Waals surface area contributed by atoms with Crippen molar-refractivity contribution in [1.29, 1.82) is 0 Å². The van der Waals surface area contributed by atoms with E-state index in [1.165, 1.54) is 21.4 Å². The van der Waals surface area contributed by atoms with Crippen molar-refractivity contribution < 1.29 is 4.74 Å². The SMILES string of the molecule is CCc1nn2c(=O)cc(CN3CCCC3c3cccc(OC)c3)nc2s1. The normalized spacial score (nSPS) is 17.8. The fourth-order valence-electron chi connectivity index (χ4n) is 3.57. The maximum absolute atomic E-state index is 12.4. The number of nitrogens with zero attached hydrogens (tertiary/aromatic N) is 4. The summed E-state index contributed by atoms with van der Waals surface area (Å²) in [4.78, 5) is 20.1. The average Bonchev–Trinajstić information content (AvgIpc) is 3.28. The molecular weight excluding hydrogens is 348 g/mol. The van der Waals surface area contributed by atoms with Crippen molar-refractivity contribution in [2.45, 2.75) is 38.8 Å². The molecule has 0 N–H and O–H groups in total. The van der Waals surface area contributed by atoms with Gasteiger partial charge in [0.1, 0.15) is 10.8 Å². The molecule has 0 bridgehead atoms. The van der Waals surface area contributed by atoms with Crippen LogP contribution in [-0.2, 0) is 13.0 Å². The largest absolute Gasteiger partial charge is 0.497 e. The summed E-state index contributed by atoms with van der Waals surface area (Å²) in [7, 11) is 1.69. The van der Waals surface area contributed by atoms with Gasteiger partial charge in [0.25, 0.3) is 5.56 Å². The highest BCUT2D eigenvalue weighted by atomic mass is 32.1. The topological polar surface area (TPSA) is 59.7 Å². The second-order valence-electron chi connectivity index (χ2n) is 6.53. The van der Waals surface area contributed by atoms with Crippen molar-refractivity contribution in [3.63, 3.8) is 0 Å². The summed E-state index contributed by atoms with van der Waals surface area (Å²) in [5.41, 5.74) is 1.97. The first kappa shape index (κ1) is 17.2. The Labute approximate surface area is 156 Å². The van der Waals surface area contributed by atoms with Gasteiger partial charge in [0.15, 0.2) is 0 Å². The zero-order valence-electron chi connectivity index (χ0n) is 15.0. The van der Waals surface area contributed by atoms with E-state index in [4.69, 9.17) is 4.74 Å². The molecule has 1 aliphatic rings. The molecule has 1 atom stereocenters. The Morgan fingerprint density at radius 3 is 3.04 bits per heavy atom. The quantitative estimate of drug-likeness (QED) is 0.691. The van der Waals surface area contributed by atoms with Crippen LogP contribution in [0.25, 0.3) is 4.96 Å². The molecule has 1 aromatic carbocycles. The molecule has 6 nitrogen and oxygen atoms in total. The molecule has 26 heavy (non-hydrogen) atoms. The van der Waals surface area contributed by atoms with E-state index in [9.17, 15) is 4.79 Å². The van der Waals surface area contributed by atoms with E-state index in [-0.39, 0.29) is 5.56 Å². The Bertz CT molecular complexity index is 981. The van der Waals surface area contributed by atoms with E-state index >= 15 is 0 Å². The summed E-state index contributed by atoms with van der Waals surface area (Å²) in [6, 6.07) is 10.2. The maximum atomic E-state index is 12.4. The van der Waals surface area contributed by atoms with Crippen molar-refractivity contribution in [2.75, 3.05) is 13.7 Å². The molecule has 136 valence electrons. The number of aromatic nitrogens is 3. The molecule has 1 saturated heterocycles. The Hall–Kier alpha value is -2.25. The van der Waals surface area contributed by atoms with Crippen LogP contribution in [-0.4, -0.2) is 33.2 Å². The minimum Gasteiger partial charge on any atom is -0.497 e. The lowest BCUT2D eigenvalue weighted by Crippen LogP contribution is -2.25. The van der Waals surface area contributed by atoms with Gasteiger partial charge in [-0.1, -0.05) is 30.4 Å². The summed E-state index contributed by atoms with van der Waals surface area (Å²) in [5.74, 6) is 0.879. The van der Waals surface area contributed by atoms with Gasteiger partial charge >= 0.3 is 0 Å². The van der Waals surface area contributed by atoms with E-state index in [1.807, 2.05) is 19.1 Å². The van der Waals surface area contributed by atoms with Crippen LogP contribution in [0.15, 0.2) is 35.1 Å². The van der Waals surface area contributed by atoms with Gasteiger partial charge in [-0.15, -0.1) is 0 Å². The molecule has 0 spiro atoms. The van der Waals surface area contributed by atoms with Gasteiger partial charge in [-0.3, -0.25) is 9.69 Å². The fraction of sp³-hybridized carbons (Fsp3) is 0.421. The summed E-state index contributed by atoms with van der Waals surface area (Å²) < 4.78 is 6.78. The third-order valence-corrected chi connectivity index (χ3v) is 5.90. The molecule has 3 heterocycles. The lowest BCUT2D eigenvalue weighted by atomic mass is 10.0. The number of methoxy groups -OCH3 is 1. The number of aryl methyl sites for hydroxylation is 1. The molecule has 1 aliphatic heterocycles. The lowest BCUT2D eigenvalue weighted by molar-refractivity contribution is 0.245. The molecular formula is C19H22N4O2S. The highest BCUT2D eigenvalue weighted by Gasteiger charge is 2.27. The molecule has 3 aromatic rings. The average molecular weight is 370 g/mol. The van der Waals surface area contributed by atoms with Gasteiger partial charge in [-0.2, -0.15) is 9.61 Å². The van der Waals surface area contributed by atoms with E-state index in [1.54, 1.807) is 13.2 Å². The zero-order valence-corrected chi connectivity index (χ0v) is 15.8. The minimum absolute atomic E-state index is 0.0990. The lowest BCUT2D eigenvalue weighted by Gasteiger charge is -2.24. The molecule has 7 heteroatoms. The standard InChI is InChI=1S/C19H22N4O2S/c1-3-17-21-23-18(24)11-14(20-19(23)26-17)12-22-9-5-8-16(22)13-6-4-7-15(10-13)25-2/h4,6-7,10-11,16H,3,5,8-9,12H2,1-2H3. The zero-order chi connectivity index (χ0) is 18.1. The van der Waals surface area contributed by atoms with Gasteiger partial charge in [-0.25, -0.2) is 4.98 Å². The summed E-state index contributed by atoms with van der Waals surface area (Å²) in [5, 5.41) is 5.25. The number of benzene rings is 1. The van der Waals surface area contributed by atoms with E-state index in [0.717, 1.165) is 42.3 Å². The monoisotopic (exact) mass is 370 g/mol. The van der Waals surface area contributed by atoms with Gasteiger partial charge in [0.2, 0.25) is 4.96 Å². The number of rotatable bonds is 5. The summed E-state index contributed by atoms with van der Waals surface area (Å²) >= 11 is 1.49. The number of ether oxygens (including phenoxy) is 1. The molecule has 2 aromatic heterocycles. The molecule has 4 rings (SSSR count). The second kappa shape index (κ2) is 7.17. The van der Waals surface area contributed by atoms with Crippen molar-refractivity contribution in [2.24, 2.45) is 0 Å². The highest BCUT2D eigenvalue weighted by Crippen LogP contribution is 2.34. The number of hydrogen-bond acceptors (Lipinski definition) is 6. The van der Waals surface area contributed by atoms with Gasteiger partial charge < -0.3 is 4.74 Å². The Kier molecular flexibility index (Phi) is 4.74. The first-order chi connectivity index (χ1) is 12.7. The Morgan fingerprint density at radius 1 is 1.35 bits per heavy atom. The third kappa shape index (κ3) is 3.24. The van der Waals surface area contributed by atoms with E-state index in [2.05, 4.69) is 27.1 Å². The smallest absolute Gasteiger partial charge is 0.275 e. The molecule has 0 radical (unpaired) electrons. The van der Waals surface area contributed by atoms with Crippen LogP contribution in [0.2, 0.25) is 0 Å². The number of fused-ring (bicyclic) bond motifs is 1. The van der Waals surface area contributed by atoms with Crippen molar-refractivity contribution in [3.05, 3.63) is 57.0 Å². The van der Waals surface area contributed by atoms with E-state index in [0.29, 0.717) is 17.5 Å². The van der Waals surface area contributed by atoms with Gasteiger partial charge in [-0.05, 0) is 43.5 Å². The predicted octanol–water partition coefficient (Wildman–Crippen LogP) is 3.06. The maximum Gasteiger partial charge on any atom is 0.275 e. The summed E-state index contributed by atoms with van der Waals surface area (Å²) in [6.45, 7) is 3.71. The van der Waals surface area contributed by atoms with Crippen molar-refractivity contribution in [3.8, 4) is 5.75 Å². The number of hydrogen-bond donors (Lipinski definition) is 0. The first-order valence-corrected chi connectivity index (χ1v) is 9.76. The Morgan fingerprint density at radius 2 is 2.23 bits per heavy atom. The molecule has 1 unspecified atom stereocenters. The van der Waals surface area contributed by atoms with Gasteiger partial charge in [0.05, 0.1) is 12.8 Å². The first-order valence-electron chi connectivity index (χ1n) is 8.94. The predicted molar refractivity (Wildman–Crippen MR) is 102 cm³/mol. The Balaban J connectivity index is 1.61. The molecule has 0 aliphatic carbocycles. The van der Waals surface area contributed by atoms with Crippen LogP contribution in [0.4, 0.5) is 0 Å². The molecule has 0 saturated carbocycles. The van der Waals surface area contributed by atoms with Crippen LogP contribution in [0.1, 0.15) is 42.1 Å². The van der Waals surface area contributed by atoms with Gasteiger partial charge in [0, 0.05) is 18.7 Å².